The molecular formula is C144H90N2O4. The summed E-state index contributed by atoms with van der Waals surface area (Å²) in [6.07, 6.45) is 0. The molecule has 4 heterocycles. The normalized spacial score (nSPS) is 14.0. The molecule has 0 atom stereocenters. The molecule has 0 radical (unpaired) electrons. The third-order valence-corrected chi connectivity index (χ3v) is 33.2. The Balaban J connectivity index is 0.000000135. The van der Waals surface area contributed by atoms with Gasteiger partial charge in [0.25, 0.3) is 0 Å². The molecular weight excluding hydrogens is 1820 g/mol. The standard InChI is InChI=1S/2C72H45NO2/c1-2-20-46(21-3-1)47-40-42-48(43-41-47)50-23-6-13-33-63(50)73(65-35-19-32-61-70(65)52-25-5-8-27-56(52)71(61)57-28-9-14-36-66(57)74-67-37-15-10-29-58(67)71)64-34-18-22-49-44-54-51-24-4-7-26-55(51)72(62(54)45-53(49)64)59-30-11-16-38-68(59)75-69-39-17-12-31-60(69)72;1-2-19-46(20-3-1)47-37-39-48(40-38-47)52-21-6-13-31-64(52)73(65-32-18-30-62-70(65)54-23-5-8-25-57(54)71(62)58-26-9-14-33-66(58)74-67-34-15-10-27-59(67)71)51-42-41-49-44-55-53-22-4-7-24-56(53)72(63(55)45-50(49)43-51)60-28-11-16-35-68(60)75-69-36-17-12-29-61(69)72/h2*1-45H. The van der Waals surface area contributed by atoms with E-state index < -0.39 is 21.7 Å². The van der Waals surface area contributed by atoms with Gasteiger partial charge in [-0.15, -0.1) is 0 Å². The molecule has 0 amide bonds. The highest BCUT2D eigenvalue weighted by Crippen LogP contribution is 2.71. The van der Waals surface area contributed by atoms with E-state index >= 15 is 0 Å². The fourth-order valence-corrected chi connectivity index (χ4v) is 27.2. The van der Waals surface area contributed by atoms with Gasteiger partial charge in [0.05, 0.1) is 50.1 Å². The number of ether oxygens (including phenoxy) is 4. The largest absolute Gasteiger partial charge is 0.457 e. The van der Waals surface area contributed by atoms with Gasteiger partial charge in [-0.3, -0.25) is 0 Å². The van der Waals surface area contributed by atoms with E-state index in [1.165, 1.54) is 117 Å². The van der Waals surface area contributed by atoms with Gasteiger partial charge in [-0.05, 0) is 243 Å². The minimum absolute atomic E-state index is 0.589. The smallest absolute Gasteiger partial charge is 0.132 e. The van der Waals surface area contributed by atoms with Gasteiger partial charge in [0.1, 0.15) is 46.0 Å². The number of para-hydroxylation sites is 10. The van der Waals surface area contributed by atoms with Crippen LogP contribution in [0, 0.1) is 0 Å². The van der Waals surface area contributed by atoms with Crippen molar-refractivity contribution in [2.75, 3.05) is 9.80 Å². The monoisotopic (exact) mass is 1910 g/mol. The maximum Gasteiger partial charge on any atom is 0.132 e. The van der Waals surface area contributed by atoms with Gasteiger partial charge >= 0.3 is 0 Å². The first kappa shape index (κ1) is 85.0. The van der Waals surface area contributed by atoms with Crippen LogP contribution in [0.1, 0.15) is 89.0 Å². The summed E-state index contributed by atoms with van der Waals surface area (Å²) in [6, 6.07) is 200. The molecule has 4 aliphatic carbocycles. The lowest BCUT2D eigenvalue weighted by molar-refractivity contribution is 0.436. The van der Waals surface area contributed by atoms with Crippen molar-refractivity contribution >= 4 is 55.7 Å². The highest BCUT2D eigenvalue weighted by atomic mass is 16.5. The average molecular weight is 1910 g/mol. The summed E-state index contributed by atoms with van der Waals surface area (Å²) in [4.78, 5) is 5.10. The van der Waals surface area contributed by atoms with Crippen molar-refractivity contribution in [1.82, 2.24) is 0 Å². The van der Waals surface area contributed by atoms with Crippen LogP contribution in [-0.2, 0) is 21.7 Å². The third-order valence-electron chi connectivity index (χ3n) is 33.2. The molecule has 4 spiro atoms. The highest BCUT2D eigenvalue weighted by molar-refractivity contribution is 6.10. The van der Waals surface area contributed by atoms with Gasteiger partial charge in [-0.1, -0.05) is 431 Å². The van der Waals surface area contributed by atoms with E-state index in [0.717, 1.165) is 163 Å². The molecule has 24 aromatic carbocycles. The van der Waals surface area contributed by atoms with Gasteiger partial charge in [0.2, 0.25) is 0 Å². The minimum atomic E-state index is -0.645. The fraction of sp³-hybridized carbons (Fsp3) is 0.0278. The summed E-state index contributed by atoms with van der Waals surface area (Å²) in [5, 5.41) is 4.66. The lowest BCUT2D eigenvalue weighted by atomic mass is 9.66. The number of hydrogen-bond acceptors (Lipinski definition) is 6. The summed E-state index contributed by atoms with van der Waals surface area (Å²) < 4.78 is 27.1. The van der Waals surface area contributed by atoms with E-state index in [4.69, 9.17) is 18.9 Å². The lowest BCUT2D eigenvalue weighted by Crippen LogP contribution is -2.32. The first-order valence-electron chi connectivity index (χ1n) is 51.8. The molecule has 8 aliphatic rings. The van der Waals surface area contributed by atoms with Crippen molar-refractivity contribution in [1.29, 1.82) is 0 Å². The maximum atomic E-state index is 6.79. The molecule has 32 rings (SSSR count). The van der Waals surface area contributed by atoms with E-state index in [0.29, 0.717) is 0 Å². The molecule has 700 valence electrons. The molecule has 0 N–H and O–H groups in total. The highest BCUT2D eigenvalue weighted by Gasteiger charge is 2.57. The SMILES string of the molecule is c1ccc(-c2ccc(-c3ccccc3N(c3ccc4cc5c(cc4c3)C3(c4ccccc4Oc4ccccc43)c3ccccc3-5)c3cccc4c3-c3ccccc3C43c4ccccc4Oc4ccccc43)cc2)cc1.c1ccc(-c2ccc(-c3ccccc3N(c3cccc4c3-c3ccccc3C43c4ccccc4Oc4ccccc43)c3cccc4cc5c(cc34)C3(c4ccccc4Oc4ccccc43)c3ccccc3-5)cc2)cc1. The van der Waals surface area contributed by atoms with E-state index in [2.05, 4.69) is 556 Å². The molecule has 6 heteroatoms. The zero-order chi connectivity index (χ0) is 98.5. The summed E-state index contributed by atoms with van der Waals surface area (Å²) in [5.41, 5.74) is 42.3. The second-order valence-electron chi connectivity index (χ2n) is 40.4. The van der Waals surface area contributed by atoms with Crippen LogP contribution in [0.2, 0.25) is 0 Å². The third kappa shape index (κ3) is 12.0. The van der Waals surface area contributed by atoms with E-state index in [1.54, 1.807) is 0 Å². The molecule has 150 heavy (non-hydrogen) atoms. The summed E-state index contributed by atoms with van der Waals surface area (Å²) in [7, 11) is 0. The van der Waals surface area contributed by atoms with Crippen LogP contribution in [0.15, 0.2) is 546 Å². The lowest BCUT2D eigenvalue weighted by Gasteiger charge is -2.39. The maximum absolute atomic E-state index is 6.79. The fourth-order valence-electron chi connectivity index (χ4n) is 27.2. The molecule has 0 saturated carbocycles. The van der Waals surface area contributed by atoms with Gasteiger partial charge in [0, 0.05) is 77.8 Å². The Labute approximate surface area is 869 Å². The van der Waals surface area contributed by atoms with Crippen LogP contribution >= 0.6 is 0 Å². The molecule has 0 fully saturated rings. The van der Waals surface area contributed by atoms with Crippen molar-refractivity contribution in [2.45, 2.75) is 21.7 Å². The van der Waals surface area contributed by atoms with Crippen LogP contribution in [0.25, 0.3) is 111 Å². The Morgan fingerprint density at radius 3 is 0.793 bits per heavy atom. The predicted molar refractivity (Wildman–Crippen MR) is 609 cm³/mol. The number of anilines is 6. The zero-order valence-electron chi connectivity index (χ0n) is 81.5. The Bertz CT molecular complexity index is 9580. The van der Waals surface area contributed by atoms with Crippen molar-refractivity contribution in [3.63, 3.8) is 0 Å². The molecule has 0 bridgehead atoms. The predicted octanol–water partition coefficient (Wildman–Crippen LogP) is 37.2. The van der Waals surface area contributed by atoms with Gasteiger partial charge < -0.3 is 28.7 Å². The summed E-state index contributed by atoms with van der Waals surface area (Å²) >= 11 is 0. The minimum Gasteiger partial charge on any atom is -0.457 e. The summed E-state index contributed by atoms with van der Waals surface area (Å²) in [6.45, 7) is 0. The first-order chi connectivity index (χ1) is 74.4. The number of nitrogens with zero attached hydrogens (tertiary/aromatic N) is 2. The number of rotatable bonds is 10. The Kier molecular flexibility index (Phi) is 18.7. The van der Waals surface area contributed by atoms with E-state index in [1.807, 2.05) is 0 Å². The van der Waals surface area contributed by atoms with Crippen LogP contribution in [0.5, 0.6) is 46.0 Å². The topological polar surface area (TPSA) is 43.4 Å². The quantitative estimate of drug-likeness (QED) is 0.136. The Hall–Kier alpha value is -19.4. The van der Waals surface area contributed by atoms with Crippen LogP contribution in [0.4, 0.5) is 34.1 Å². The molecule has 6 nitrogen and oxygen atoms in total. The van der Waals surface area contributed by atoms with Gasteiger partial charge in [-0.2, -0.15) is 0 Å². The first-order valence-corrected chi connectivity index (χ1v) is 51.8. The molecule has 0 unspecified atom stereocenters. The number of fused-ring (bicyclic) bond motifs is 38. The molecule has 0 aromatic heterocycles. The second-order valence-corrected chi connectivity index (χ2v) is 40.4. The van der Waals surface area contributed by atoms with E-state index in [-0.39, 0.29) is 0 Å². The second kappa shape index (κ2) is 33.1. The zero-order valence-corrected chi connectivity index (χ0v) is 81.5. The average Bonchev–Trinajstić information content (AvgIpc) is 1.52. The van der Waals surface area contributed by atoms with Crippen molar-refractivity contribution in [3.8, 4) is 135 Å². The van der Waals surface area contributed by atoms with Crippen molar-refractivity contribution in [3.05, 3.63) is 635 Å². The van der Waals surface area contributed by atoms with Crippen LogP contribution in [-0.4, -0.2) is 0 Å². The van der Waals surface area contributed by atoms with Crippen LogP contribution < -0.4 is 28.7 Å². The molecule has 0 saturated heterocycles. The van der Waals surface area contributed by atoms with E-state index in [9.17, 15) is 0 Å². The van der Waals surface area contributed by atoms with Gasteiger partial charge in [-0.25, -0.2) is 0 Å². The number of hydrogen-bond donors (Lipinski definition) is 0. The summed E-state index contributed by atoms with van der Waals surface area (Å²) in [5.74, 6) is 7.04. The van der Waals surface area contributed by atoms with Gasteiger partial charge in [0.15, 0.2) is 0 Å². The Morgan fingerprint density at radius 2 is 0.400 bits per heavy atom. The molecule has 4 aliphatic heterocycles. The Morgan fingerprint density at radius 1 is 0.133 bits per heavy atom. The van der Waals surface area contributed by atoms with Crippen molar-refractivity contribution < 1.29 is 18.9 Å². The molecule has 24 aromatic rings. The number of benzene rings is 24. The van der Waals surface area contributed by atoms with Crippen LogP contribution in [0.3, 0.4) is 0 Å². The van der Waals surface area contributed by atoms with Crippen molar-refractivity contribution in [2.24, 2.45) is 0 Å².